The van der Waals surface area contributed by atoms with Crippen molar-refractivity contribution in [3.05, 3.63) is 125 Å². The van der Waals surface area contributed by atoms with Crippen molar-refractivity contribution < 1.29 is 4.79 Å². The molecule has 5 rings (SSSR count). The number of benzene rings is 3. The first kappa shape index (κ1) is 19.3. The molecule has 0 fully saturated rings. The van der Waals surface area contributed by atoms with E-state index in [1.165, 1.54) is 5.56 Å². The highest BCUT2D eigenvalue weighted by Crippen LogP contribution is 2.29. The number of amides is 1. The molecule has 0 spiro atoms. The maximum absolute atomic E-state index is 13.9. The smallest absolute Gasteiger partial charge is 0.275 e. The van der Waals surface area contributed by atoms with Gasteiger partial charge < -0.3 is 9.47 Å². The maximum Gasteiger partial charge on any atom is 0.275 e. The quantitative estimate of drug-likeness (QED) is 0.303. The lowest BCUT2D eigenvalue weighted by Gasteiger charge is -2.24. The average molecular weight is 423 g/mol. The van der Waals surface area contributed by atoms with E-state index in [9.17, 15) is 4.79 Å². The van der Waals surface area contributed by atoms with Crippen LogP contribution in [-0.2, 0) is 13.1 Å². The minimum absolute atomic E-state index is 0.00869. The molecule has 3 aromatic carbocycles. The number of aromatic nitrogens is 1. The molecular formula is C27H22N2OS. The summed E-state index contributed by atoms with van der Waals surface area (Å²) in [5.74, 6) is 0.00869. The van der Waals surface area contributed by atoms with Gasteiger partial charge in [-0.15, -0.1) is 11.3 Å². The Morgan fingerprint density at radius 1 is 0.774 bits per heavy atom. The molecule has 0 N–H and O–H groups in total. The minimum atomic E-state index is 0.00869. The third-order valence-corrected chi connectivity index (χ3v) is 6.28. The molecule has 0 saturated heterocycles. The van der Waals surface area contributed by atoms with E-state index >= 15 is 0 Å². The number of thiophene rings is 1. The fraction of sp³-hybridized carbons (Fsp3) is 0.0741. The van der Waals surface area contributed by atoms with Crippen LogP contribution in [0.1, 0.15) is 21.6 Å². The Morgan fingerprint density at radius 2 is 1.39 bits per heavy atom. The van der Waals surface area contributed by atoms with E-state index in [0.29, 0.717) is 18.8 Å². The summed E-state index contributed by atoms with van der Waals surface area (Å²) < 4.78 is 3.27. The number of hydrogen-bond donors (Lipinski definition) is 0. The zero-order chi connectivity index (χ0) is 21.0. The predicted molar refractivity (Wildman–Crippen MR) is 129 cm³/mol. The van der Waals surface area contributed by atoms with Crippen molar-refractivity contribution in [2.24, 2.45) is 0 Å². The summed E-state index contributed by atoms with van der Waals surface area (Å²) in [6.07, 6.45) is 0. The van der Waals surface area contributed by atoms with Crippen molar-refractivity contribution >= 4 is 33.1 Å². The van der Waals surface area contributed by atoms with E-state index < -0.39 is 0 Å². The zero-order valence-corrected chi connectivity index (χ0v) is 17.8. The van der Waals surface area contributed by atoms with Gasteiger partial charge in [0, 0.05) is 12.2 Å². The van der Waals surface area contributed by atoms with Crippen molar-refractivity contribution in [1.29, 1.82) is 0 Å². The molecule has 0 unspecified atom stereocenters. The summed E-state index contributed by atoms with van der Waals surface area (Å²) in [6, 6.07) is 34.5. The van der Waals surface area contributed by atoms with Crippen LogP contribution in [0, 0.1) is 0 Å². The summed E-state index contributed by atoms with van der Waals surface area (Å²) in [5.41, 5.74) is 4.99. The maximum atomic E-state index is 13.9. The Bertz CT molecular complexity index is 1290. The molecule has 0 aliphatic heterocycles. The normalized spacial score (nSPS) is 11.0. The van der Waals surface area contributed by atoms with E-state index in [1.807, 2.05) is 77.7 Å². The molecule has 31 heavy (non-hydrogen) atoms. The molecule has 0 saturated carbocycles. The van der Waals surface area contributed by atoms with Gasteiger partial charge in [0.1, 0.15) is 5.69 Å². The SMILES string of the molecule is O=C(c1cc2sccc2n1Cc1ccccc1)N(Cc1ccccc1)c1ccccc1. The molecule has 1 amide bonds. The fourth-order valence-corrected chi connectivity index (χ4v) is 4.71. The Morgan fingerprint density at radius 3 is 2.06 bits per heavy atom. The second-order valence-corrected chi connectivity index (χ2v) is 8.43. The molecular weight excluding hydrogens is 400 g/mol. The predicted octanol–water partition coefficient (Wildman–Crippen LogP) is 6.60. The van der Waals surface area contributed by atoms with Crippen LogP contribution in [0.5, 0.6) is 0 Å². The van der Waals surface area contributed by atoms with Crippen LogP contribution < -0.4 is 4.90 Å². The molecule has 0 aliphatic carbocycles. The first-order chi connectivity index (χ1) is 15.3. The summed E-state index contributed by atoms with van der Waals surface area (Å²) >= 11 is 1.67. The van der Waals surface area contributed by atoms with Crippen LogP contribution in [0.3, 0.4) is 0 Å². The number of hydrogen-bond acceptors (Lipinski definition) is 2. The highest BCUT2D eigenvalue weighted by Gasteiger charge is 2.23. The Hall–Kier alpha value is -3.63. The Balaban J connectivity index is 1.57. The van der Waals surface area contributed by atoms with Gasteiger partial charge >= 0.3 is 0 Å². The van der Waals surface area contributed by atoms with E-state index in [4.69, 9.17) is 0 Å². The lowest BCUT2D eigenvalue weighted by atomic mass is 10.1. The van der Waals surface area contributed by atoms with Gasteiger partial charge in [0.25, 0.3) is 5.91 Å². The van der Waals surface area contributed by atoms with Crippen molar-refractivity contribution in [2.75, 3.05) is 4.90 Å². The highest BCUT2D eigenvalue weighted by molar-refractivity contribution is 7.17. The van der Waals surface area contributed by atoms with Crippen molar-refractivity contribution in [3.63, 3.8) is 0 Å². The highest BCUT2D eigenvalue weighted by atomic mass is 32.1. The van der Waals surface area contributed by atoms with Gasteiger partial charge in [-0.05, 0) is 40.8 Å². The lowest BCUT2D eigenvalue weighted by molar-refractivity contribution is 0.0977. The number of para-hydroxylation sites is 1. The van der Waals surface area contributed by atoms with Gasteiger partial charge in [-0.2, -0.15) is 0 Å². The number of fused-ring (bicyclic) bond motifs is 1. The second-order valence-electron chi connectivity index (χ2n) is 7.48. The van der Waals surface area contributed by atoms with Gasteiger partial charge in [-0.1, -0.05) is 78.9 Å². The summed E-state index contributed by atoms with van der Waals surface area (Å²) in [7, 11) is 0. The van der Waals surface area contributed by atoms with Crippen LogP contribution in [0.4, 0.5) is 5.69 Å². The lowest BCUT2D eigenvalue weighted by Crippen LogP contribution is -2.32. The van der Waals surface area contributed by atoms with E-state index in [1.54, 1.807) is 11.3 Å². The van der Waals surface area contributed by atoms with Gasteiger partial charge in [-0.25, -0.2) is 0 Å². The average Bonchev–Trinajstić information content (AvgIpc) is 3.42. The first-order valence-corrected chi connectivity index (χ1v) is 11.2. The summed E-state index contributed by atoms with van der Waals surface area (Å²) in [6.45, 7) is 1.18. The third kappa shape index (κ3) is 4.03. The third-order valence-electron chi connectivity index (χ3n) is 5.42. The van der Waals surface area contributed by atoms with Gasteiger partial charge in [0.15, 0.2) is 0 Å². The van der Waals surface area contributed by atoms with Crippen LogP contribution in [-0.4, -0.2) is 10.5 Å². The van der Waals surface area contributed by atoms with Crippen molar-refractivity contribution in [3.8, 4) is 0 Å². The van der Waals surface area contributed by atoms with Crippen molar-refractivity contribution in [1.82, 2.24) is 4.57 Å². The molecule has 0 radical (unpaired) electrons. The number of carbonyl (C=O) groups is 1. The summed E-state index contributed by atoms with van der Waals surface area (Å²) in [5, 5.41) is 2.08. The summed E-state index contributed by atoms with van der Waals surface area (Å²) in [4.78, 5) is 15.8. The second kappa shape index (κ2) is 8.62. The zero-order valence-electron chi connectivity index (χ0n) is 17.0. The number of carbonyl (C=O) groups excluding carboxylic acids is 1. The number of rotatable bonds is 6. The van der Waals surface area contributed by atoms with Crippen LogP contribution in [0.25, 0.3) is 10.2 Å². The minimum Gasteiger partial charge on any atom is -0.331 e. The number of nitrogens with zero attached hydrogens (tertiary/aromatic N) is 2. The molecule has 152 valence electrons. The van der Waals surface area contributed by atoms with Crippen LogP contribution in [0.2, 0.25) is 0 Å². The molecule has 0 bridgehead atoms. The first-order valence-electron chi connectivity index (χ1n) is 10.3. The molecule has 0 aliphatic rings. The van der Waals surface area contributed by atoms with E-state index in [2.05, 4.69) is 40.3 Å². The molecule has 3 nitrogen and oxygen atoms in total. The fourth-order valence-electron chi connectivity index (χ4n) is 3.88. The van der Waals surface area contributed by atoms with Gasteiger partial charge in [0.05, 0.1) is 16.8 Å². The van der Waals surface area contributed by atoms with Crippen LogP contribution >= 0.6 is 11.3 Å². The Kier molecular flexibility index (Phi) is 5.38. The van der Waals surface area contributed by atoms with Gasteiger partial charge in [-0.3, -0.25) is 4.79 Å². The molecule has 4 heteroatoms. The topological polar surface area (TPSA) is 25.2 Å². The molecule has 2 aromatic heterocycles. The van der Waals surface area contributed by atoms with E-state index in [-0.39, 0.29) is 5.91 Å². The van der Waals surface area contributed by atoms with Crippen LogP contribution in [0.15, 0.2) is 109 Å². The Labute approximate surface area is 185 Å². The molecule has 0 atom stereocenters. The van der Waals surface area contributed by atoms with Gasteiger partial charge in [0.2, 0.25) is 0 Å². The largest absolute Gasteiger partial charge is 0.331 e. The molecule has 5 aromatic rings. The number of anilines is 1. The van der Waals surface area contributed by atoms with Crippen molar-refractivity contribution in [2.45, 2.75) is 13.1 Å². The molecule has 2 heterocycles. The standard InChI is InChI=1S/C27H22N2OS/c30-27(28(23-14-8-3-9-15-23)19-21-10-4-1-5-11-21)25-18-26-24(16-17-31-26)29(25)20-22-12-6-2-7-13-22/h1-18H,19-20H2. The van der Waals surface area contributed by atoms with E-state index in [0.717, 1.165) is 21.5 Å². The monoisotopic (exact) mass is 422 g/mol.